The molecule has 0 spiro atoms. The van der Waals surface area contributed by atoms with Crippen LogP contribution >= 0.6 is 15.9 Å². The van der Waals surface area contributed by atoms with E-state index in [0.717, 1.165) is 5.69 Å². The van der Waals surface area contributed by atoms with Crippen LogP contribution in [0.2, 0.25) is 0 Å². The monoisotopic (exact) mass is 409 g/mol. The van der Waals surface area contributed by atoms with E-state index in [2.05, 4.69) is 30.7 Å². The number of hydrogen-bond acceptors (Lipinski definition) is 5. The summed E-state index contributed by atoms with van der Waals surface area (Å²) in [7, 11) is 1.70. The summed E-state index contributed by atoms with van der Waals surface area (Å²) in [5, 5.41) is 4.76. The van der Waals surface area contributed by atoms with Crippen molar-refractivity contribution in [3.05, 3.63) is 41.1 Å². The van der Waals surface area contributed by atoms with Crippen LogP contribution < -0.4 is 9.62 Å². The summed E-state index contributed by atoms with van der Waals surface area (Å²) in [6.45, 7) is 0. The first-order chi connectivity index (χ1) is 11.3. The predicted molar refractivity (Wildman–Crippen MR) is 97.8 cm³/mol. The Kier molecular flexibility index (Phi) is 4.22. The largest absolute Gasteiger partial charge is 0.378 e. The first-order valence-electron chi connectivity index (χ1n) is 7.06. The molecule has 0 unspecified atom stereocenters. The third kappa shape index (κ3) is 2.96. The van der Waals surface area contributed by atoms with E-state index in [1.54, 1.807) is 42.3 Å². The van der Waals surface area contributed by atoms with Crippen LogP contribution in [0.3, 0.4) is 0 Å². The van der Waals surface area contributed by atoms with Crippen molar-refractivity contribution in [2.45, 2.75) is 4.90 Å². The van der Waals surface area contributed by atoms with Gasteiger partial charge in [-0.15, -0.1) is 0 Å². The zero-order chi connectivity index (χ0) is 17.5. The Balaban J connectivity index is 2.07. The molecule has 1 aromatic carbocycles. The highest BCUT2D eigenvalue weighted by molar-refractivity contribution is 9.10. The maximum atomic E-state index is 12.8. The van der Waals surface area contributed by atoms with Crippen LogP contribution in [0.25, 0.3) is 11.0 Å². The summed E-state index contributed by atoms with van der Waals surface area (Å²) in [6.07, 6.45) is 3.14. The number of pyridine rings is 1. The number of anilines is 2. The van der Waals surface area contributed by atoms with Gasteiger partial charge in [0, 0.05) is 37.5 Å². The minimum absolute atomic E-state index is 0.169. The Bertz CT molecular complexity index is 1010. The summed E-state index contributed by atoms with van der Waals surface area (Å²) < 4.78 is 30.4. The number of aromatic nitrogens is 3. The number of aryl methyl sites for hydroxylation is 1. The van der Waals surface area contributed by atoms with Gasteiger partial charge in [0.05, 0.1) is 17.3 Å². The molecule has 7 nitrogen and oxygen atoms in total. The van der Waals surface area contributed by atoms with Gasteiger partial charge in [0.25, 0.3) is 10.0 Å². The smallest absolute Gasteiger partial charge is 0.263 e. The molecule has 2 aromatic heterocycles. The quantitative estimate of drug-likeness (QED) is 0.715. The topological polar surface area (TPSA) is 80.1 Å². The van der Waals surface area contributed by atoms with Gasteiger partial charge < -0.3 is 4.90 Å². The highest BCUT2D eigenvalue weighted by Crippen LogP contribution is 2.30. The molecule has 24 heavy (non-hydrogen) atoms. The predicted octanol–water partition coefficient (Wildman–Crippen LogP) is 2.60. The SMILES string of the molecule is CN(C)c1ccc(Br)c(S(=O)(=O)Nc2ccnc3c2cnn3C)c1. The number of rotatable bonds is 4. The van der Waals surface area contributed by atoms with Crippen LogP contribution in [0.15, 0.2) is 46.0 Å². The fourth-order valence-electron chi connectivity index (χ4n) is 2.31. The fourth-order valence-corrected chi connectivity index (χ4v) is 4.38. The van der Waals surface area contributed by atoms with Gasteiger partial charge in [-0.3, -0.25) is 9.40 Å². The van der Waals surface area contributed by atoms with Gasteiger partial charge in [0.2, 0.25) is 0 Å². The maximum absolute atomic E-state index is 12.8. The van der Waals surface area contributed by atoms with Crippen LogP contribution in [0.4, 0.5) is 11.4 Å². The summed E-state index contributed by atoms with van der Waals surface area (Å²) >= 11 is 3.32. The van der Waals surface area contributed by atoms with E-state index in [9.17, 15) is 8.42 Å². The molecule has 0 bridgehead atoms. The molecule has 126 valence electrons. The van der Waals surface area contributed by atoms with Crippen LogP contribution in [0.5, 0.6) is 0 Å². The molecule has 9 heteroatoms. The number of sulfonamides is 1. The lowest BCUT2D eigenvalue weighted by Crippen LogP contribution is -2.15. The summed E-state index contributed by atoms with van der Waals surface area (Å²) in [6, 6.07) is 6.80. The van der Waals surface area contributed by atoms with Crippen molar-refractivity contribution in [2.24, 2.45) is 7.05 Å². The van der Waals surface area contributed by atoms with E-state index >= 15 is 0 Å². The minimum atomic E-state index is -3.77. The average Bonchev–Trinajstić information content (AvgIpc) is 2.90. The number of nitrogens with one attached hydrogen (secondary N) is 1. The molecule has 0 saturated heterocycles. The van der Waals surface area contributed by atoms with E-state index < -0.39 is 10.0 Å². The molecule has 2 heterocycles. The van der Waals surface area contributed by atoms with Gasteiger partial charge in [0.1, 0.15) is 4.90 Å². The first kappa shape index (κ1) is 16.7. The standard InChI is InChI=1S/C15H16BrN5O2S/c1-20(2)10-4-5-12(16)14(8-10)24(22,23)19-13-6-7-17-15-11(13)9-18-21(15)3/h4-9H,1-3H3,(H,17,19). The number of fused-ring (bicyclic) bond motifs is 1. The zero-order valence-corrected chi connectivity index (χ0v) is 15.8. The van der Waals surface area contributed by atoms with E-state index in [-0.39, 0.29) is 4.90 Å². The Morgan fingerprint density at radius 2 is 2.00 bits per heavy atom. The molecular weight excluding hydrogens is 394 g/mol. The lowest BCUT2D eigenvalue weighted by molar-refractivity contribution is 0.601. The number of hydrogen-bond donors (Lipinski definition) is 1. The van der Waals surface area contributed by atoms with Crippen LogP contribution in [0, 0.1) is 0 Å². The van der Waals surface area contributed by atoms with Gasteiger partial charge in [-0.05, 0) is 40.2 Å². The number of nitrogens with zero attached hydrogens (tertiary/aromatic N) is 4. The van der Waals surface area contributed by atoms with Gasteiger partial charge in [-0.25, -0.2) is 13.4 Å². The third-order valence-corrected chi connectivity index (χ3v) is 5.96. The summed E-state index contributed by atoms with van der Waals surface area (Å²) in [4.78, 5) is 6.22. The third-order valence-electron chi connectivity index (χ3n) is 3.60. The van der Waals surface area contributed by atoms with Crippen LogP contribution in [-0.2, 0) is 17.1 Å². The highest BCUT2D eigenvalue weighted by Gasteiger charge is 2.20. The van der Waals surface area contributed by atoms with Crippen molar-refractivity contribution in [2.75, 3.05) is 23.7 Å². The van der Waals surface area contributed by atoms with E-state index in [1.807, 2.05) is 25.1 Å². The molecule has 0 fully saturated rings. The van der Waals surface area contributed by atoms with Gasteiger partial charge in [-0.2, -0.15) is 5.10 Å². The van der Waals surface area contributed by atoms with Gasteiger partial charge in [0.15, 0.2) is 5.65 Å². The second-order valence-corrected chi connectivity index (χ2v) is 7.98. The van der Waals surface area contributed by atoms with E-state index in [0.29, 0.717) is 21.2 Å². The Hall–Kier alpha value is -2.13. The van der Waals surface area contributed by atoms with Crippen molar-refractivity contribution in [3.8, 4) is 0 Å². The molecular formula is C15H16BrN5O2S. The molecule has 0 radical (unpaired) electrons. The second kappa shape index (κ2) is 6.06. The Morgan fingerprint density at radius 1 is 1.25 bits per heavy atom. The second-order valence-electron chi connectivity index (χ2n) is 5.48. The lowest BCUT2D eigenvalue weighted by Gasteiger charge is -2.16. The highest BCUT2D eigenvalue weighted by atomic mass is 79.9. The maximum Gasteiger partial charge on any atom is 0.263 e. The normalized spacial score (nSPS) is 11.7. The molecule has 0 aliphatic rings. The molecule has 1 N–H and O–H groups in total. The molecule has 3 aromatic rings. The lowest BCUT2D eigenvalue weighted by atomic mass is 10.3. The van der Waals surface area contributed by atoms with E-state index in [1.165, 1.54) is 0 Å². The molecule has 0 aliphatic heterocycles. The van der Waals surface area contributed by atoms with Crippen molar-refractivity contribution >= 4 is 48.4 Å². The summed E-state index contributed by atoms with van der Waals surface area (Å²) in [5.74, 6) is 0. The van der Waals surface area contributed by atoms with E-state index in [4.69, 9.17) is 0 Å². The fraction of sp³-hybridized carbons (Fsp3) is 0.200. The van der Waals surface area contributed by atoms with Crippen LogP contribution in [-0.4, -0.2) is 37.3 Å². The van der Waals surface area contributed by atoms with Crippen LogP contribution in [0.1, 0.15) is 0 Å². The average molecular weight is 410 g/mol. The number of halogens is 1. The zero-order valence-electron chi connectivity index (χ0n) is 13.4. The van der Waals surface area contributed by atoms with Gasteiger partial charge >= 0.3 is 0 Å². The van der Waals surface area contributed by atoms with Crippen molar-refractivity contribution in [1.29, 1.82) is 0 Å². The van der Waals surface area contributed by atoms with Crippen molar-refractivity contribution in [1.82, 2.24) is 14.8 Å². The Labute approximate surface area is 148 Å². The molecule has 3 rings (SSSR count). The molecule has 0 amide bonds. The van der Waals surface area contributed by atoms with Crippen molar-refractivity contribution in [3.63, 3.8) is 0 Å². The Morgan fingerprint density at radius 3 is 2.71 bits per heavy atom. The van der Waals surface area contributed by atoms with Crippen molar-refractivity contribution < 1.29 is 8.42 Å². The van der Waals surface area contributed by atoms with Gasteiger partial charge in [-0.1, -0.05) is 0 Å². The molecule has 0 atom stereocenters. The molecule has 0 aliphatic carbocycles. The molecule has 0 saturated carbocycles. The number of benzene rings is 1. The first-order valence-corrected chi connectivity index (χ1v) is 9.33. The summed E-state index contributed by atoms with van der Waals surface area (Å²) in [5.41, 5.74) is 1.84. The minimum Gasteiger partial charge on any atom is -0.378 e.